The van der Waals surface area contributed by atoms with Crippen LogP contribution in [0.15, 0.2) is 11.8 Å². The zero-order valence-electron chi connectivity index (χ0n) is 8.86. The Bertz CT molecular complexity index is 314. The SMILES string of the molecule is CC(C)(O)CCN1C=C(C(=O)O)CC1=O. The van der Waals surface area contributed by atoms with Crippen molar-refractivity contribution in [1.29, 1.82) is 0 Å². The lowest BCUT2D eigenvalue weighted by molar-refractivity contribution is -0.134. The van der Waals surface area contributed by atoms with Crippen molar-refractivity contribution in [2.75, 3.05) is 6.54 Å². The van der Waals surface area contributed by atoms with E-state index in [1.54, 1.807) is 13.8 Å². The molecule has 1 heterocycles. The van der Waals surface area contributed by atoms with Gasteiger partial charge in [0.15, 0.2) is 0 Å². The summed E-state index contributed by atoms with van der Waals surface area (Å²) in [5.74, 6) is -1.29. The molecule has 0 bridgehead atoms. The summed E-state index contributed by atoms with van der Waals surface area (Å²) in [5.41, 5.74) is -0.740. The molecule has 0 aromatic heterocycles. The Morgan fingerprint density at radius 2 is 2.20 bits per heavy atom. The fourth-order valence-corrected chi connectivity index (χ4v) is 1.28. The molecule has 15 heavy (non-hydrogen) atoms. The molecule has 0 saturated carbocycles. The highest BCUT2D eigenvalue weighted by atomic mass is 16.4. The van der Waals surface area contributed by atoms with Crippen molar-refractivity contribution in [3.05, 3.63) is 11.8 Å². The molecule has 0 saturated heterocycles. The molecule has 84 valence electrons. The smallest absolute Gasteiger partial charge is 0.333 e. The van der Waals surface area contributed by atoms with Crippen LogP contribution in [0.1, 0.15) is 26.7 Å². The standard InChI is InChI=1S/C10H15NO4/c1-10(2,15)3-4-11-6-7(9(13)14)5-8(11)12/h6,15H,3-5H2,1-2H3,(H,13,14). The summed E-state index contributed by atoms with van der Waals surface area (Å²) < 4.78 is 0. The monoisotopic (exact) mass is 213 g/mol. The van der Waals surface area contributed by atoms with Crippen molar-refractivity contribution >= 4 is 11.9 Å². The Balaban J connectivity index is 2.57. The molecular weight excluding hydrogens is 198 g/mol. The zero-order valence-corrected chi connectivity index (χ0v) is 8.86. The van der Waals surface area contributed by atoms with Gasteiger partial charge in [-0.15, -0.1) is 0 Å². The molecule has 1 aliphatic rings. The van der Waals surface area contributed by atoms with Crippen LogP contribution in [-0.2, 0) is 9.59 Å². The summed E-state index contributed by atoms with van der Waals surface area (Å²) in [6, 6.07) is 0. The maximum atomic E-state index is 11.3. The van der Waals surface area contributed by atoms with Gasteiger partial charge < -0.3 is 15.1 Å². The molecule has 0 radical (unpaired) electrons. The number of hydrogen-bond donors (Lipinski definition) is 2. The lowest BCUT2D eigenvalue weighted by Gasteiger charge is -2.20. The largest absolute Gasteiger partial charge is 0.478 e. The summed E-state index contributed by atoms with van der Waals surface area (Å²) in [4.78, 5) is 23.3. The minimum Gasteiger partial charge on any atom is -0.478 e. The minimum absolute atomic E-state index is 0.0544. The highest BCUT2D eigenvalue weighted by molar-refractivity contribution is 5.97. The number of carboxylic acid groups (broad SMARTS) is 1. The summed E-state index contributed by atoms with van der Waals surface area (Å²) in [6.45, 7) is 3.64. The van der Waals surface area contributed by atoms with Crippen LogP contribution in [0, 0.1) is 0 Å². The minimum atomic E-state index is -1.06. The maximum Gasteiger partial charge on any atom is 0.333 e. The van der Waals surface area contributed by atoms with Gasteiger partial charge in [-0.05, 0) is 20.3 Å². The molecular formula is C10H15NO4. The van der Waals surface area contributed by atoms with Gasteiger partial charge in [-0.25, -0.2) is 4.79 Å². The molecule has 5 nitrogen and oxygen atoms in total. The van der Waals surface area contributed by atoms with Gasteiger partial charge in [0.2, 0.25) is 5.91 Å². The lowest BCUT2D eigenvalue weighted by Crippen LogP contribution is -2.29. The van der Waals surface area contributed by atoms with Crippen molar-refractivity contribution in [1.82, 2.24) is 4.90 Å². The van der Waals surface area contributed by atoms with Crippen LogP contribution >= 0.6 is 0 Å². The Morgan fingerprint density at radius 1 is 1.60 bits per heavy atom. The van der Waals surface area contributed by atoms with Gasteiger partial charge in [0, 0.05) is 12.7 Å². The third-order valence-electron chi connectivity index (χ3n) is 2.21. The van der Waals surface area contributed by atoms with Crippen molar-refractivity contribution in [2.24, 2.45) is 0 Å². The first kappa shape index (κ1) is 11.7. The van der Waals surface area contributed by atoms with Gasteiger partial charge in [0.25, 0.3) is 0 Å². The number of carbonyl (C=O) groups excluding carboxylic acids is 1. The third-order valence-corrected chi connectivity index (χ3v) is 2.21. The number of carbonyl (C=O) groups is 2. The quantitative estimate of drug-likeness (QED) is 0.706. The van der Waals surface area contributed by atoms with E-state index in [2.05, 4.69) is 0 Å². The Morgan fingerprint density at radius 3 is 2.60 bits per heavy atom. The molecule has 0 unspecified atom stereocenters. The van der Waals surface area contributed by atoms with E-state index in [4.69, 9.17) is 5.11 Å². The van der Waals surface area contributed by atoms with Gasteiger partial charge in [0.1, 0.15) is 0 Å². The van der Waals surface area contributed by atoms with E-state index >= 15 is 0 Å². The summed E-state index contributed by atoms with van der Waals surface area (Å²) in [6.07, 6.45) is 1.71. The normalized spacial score (nSPS) is 16.9. The van der Waals surface area contributed by atoms with E-state index in [9.17, 15) is 14.7 Å². The molecule has 0 aromatic rings. The van der Waals surface area contributed by atoms with Crippen LogP contribution in [0.2, 0.25) is 0 Å². The third kappa shape index (κ3) is 3.36. The van der Waals surface area contributed by atoms with Gasteiger partial charge in [-0.1, -0.05) is 0 Å². The Labute approximate surface area is 88.0 Å². The van der Waals surface area contributed by atoms with Crippen LogP contribution in [0.4, 0.5) is 0 Å². The number of aliphatic carboxylic acids is 1. The molecule has 0 fully saturated rings. The Hall–Kier alpha value is -1.36. The van der Waals surface area contributed by atoms with Crippen LogP contribution in [0.25, 0.3) is 0 Å². The predicted molar refractivity (Wildman–Crippen MR) is 53.0 cm³/mol. The van der Waals surface area contributed by atoms with Gasteiger partial charge in [-0.3, -0.25) is 4.79 Å². The summed E-state index contributed by atoms with van der Waals surface area (Å²) in [7, 11) is 0. The second kappa shape index (κ2) is 4.02. The van der Waals surface area contributed by atoms with E-state index in [1.165, 1.54) is 11.1 Å². The molecule has 5 heteroatoms. The summed E-state index contributed by atoms with van der Waals surface area (Å²) in [5, 5.41) is 18.1. The first-order valence-electron chi connectivity index (χ1n) is 4.75. The van der Waals surface area contributed by atoms with Crippen molar-refractivity contribution < 1.29 is 19.8 Å². The predicted octanol–water partition coefficient (Wildman–Crippen LogP) is 0.348. The first-order valence-corrected chi connectivity index (χ1v) is 4.75. The molecule has 1 rings (SSSR count). The van der Waals surface area contributed by atoms with Crippen molar-refractivity contribution in [3.8, 4) is 0 Å². The zero-order chi connectivity index (χ0) is 11.6. The van der Waals surface area contributed by atoms with Gasteiger partial charge in [0.05, 0.1) is 17.6 Å². The van der Waals surface area contributed by atoms with Gasteiger partial charge in [-0.2, -0.15) is 0 Å². The Kier molecular flexibility index (Phi) is 3.14. The maximum absolute atomic E-state index is 11.3. The molecule has 0 aliphatic carbocycles. The first-order chi connectivity index (χ1) is 6.79. The fourth-order valence-electron chi connectivity index (χ4n) is 1.28. The van der Waals surface area contributed by atoms with E-state index in [0.29, 0.717) is 13.0 Å². The van der Waals surface area contributed by atoms with Crippen molar-refractivity contribution in [3.63, 3.8) is 0 Å². The van der Waals surface area contributed by atoms with Crippen LogP contribution in [-0.4, -0.2) is 39.1 Å². The number of nitrogens with zero attached hydrogens (tertiary/aromatic N) is 1. The molecule has 0 atom stereocenters. The number of carboxylic acids is 1. The van der Waals surface area contributed by atoms with Crippen LogP contribution in [0.5, 0.6) is 0 Å². The average molecular weight is 213 g/mol. The second-order valence-corrected chi connectivity index (χ2v) is 4.29. The summed E-state index contributed by atoms with van der Waals surface area (Å²) >= 11 is 0. The van der Waals surface area contributed by atoms with E-state index in [1.807, 2.05) is 0 Å². The van der Waals surface area contributed by atoms with Crippen molar-refractivity contribution in [2.45, 2.75) is 32.3 Å². The lowest BCUT2D eigenvalue weighted by atomic mass is 10.1. The van der Waals surface area contributed by atoms with Crippen LogP contribution < -0.4 is 0 Å². The second-order valence-electron chi connectivity index (χ2n) is 4.29. The van der Waals surface area contributed by atoms with E-state index < -0.39 is 11.6 Å². The van der Waals surface area contributed by atoms with E-state index in [-0.39, 0.29) is 17.9 Å². The highest BCUT2D eigenvalue weighted by Crippen LogP contribution is 2.18. The number of aliphatic hydroxyl groups is 1. The van der Waals surface area contributed by atoms with Crippen LogP contribution in [0.3, 0.4) is 0 Å². The number of rotatable bonds is 4. The highest BCUT2D eigenvalue weighted by Gasteiger charge is 2.26. The van der Waals surface area contributed by atoms with E-state index in [0.717, 1.165) is 0 Å². The molecule has 1 aliphatic heterocycles. The number of amides is 1. The topological polar surface area (TPSA) is 77.8 Å². The fraction of sp³-hybridized carbons (Fsp3) is 0.600. The molecule has 2 N–H and O–H groups in total. The molecule has 0 aromatic carbocycles. The average Bonchev–Trinajstić information content (AvgIpc) is 2.42. The van der Waals surface area contributed by atoms with Gasteiger partial charge >= 0.3 is 5.97 Å². The molecule has 1 amide bonds. The molecule has 0 spiro atoms. The number of hydrogen-bond acceptors (Lipinski definition) is 3.